The minimum atomic E-state index is -0.543. The van der Waals surface area contributed by atoms with Crippen LogP contribution in [0.15, 0.2) is 83.3 Å². The summed E-state index contributed by atoms with van der Waals surface area (Å²) < 4.78 is 6.09. The van der Waals surface area contributed by atoms with Crippen LogP contribution >= 0.6 is 11.6 Å². The van der Waals surface area contributed by atoms with Crippen LogP contribution in [0.4, 0.5) is 5.69 Å². The zero-order valence-electron chi connectivity index (χ0n) is 24.3. The van der Waals surface area contributed by atoms with E-state index in [9.17, 15) is 10.1 Å². The maximum Gasteiger partial charge on any atom is 0.162 e. The third-order valence-electron chi connectivity index (χ3n) is 8.24. The van der Waals surface area contributed by atoms with Gasteiger partial charge in [0.15, 0.2) is 5.78 Å². The number of hydrogen-bond donors (Lipinski definition) is 1. The number of Topliss-reactive ketones (excluding diaryl/α,β-unsaturated/α-hetero) is 1. The molecule has 1 aliphatic heterocycles. The normalized spacial score (nSPS) is 18.3. The van der Waals surface area contributed by atoms with Gasteiger partial charge < -0.3 is 10.5 Å². The minimum Gasteiger partial charge on any atom is -0.489 e. The zero-order valence-corrected chi connectivity index (χ0v) is 25.1. The topological polar surface area (TPSA) is 79.3 Å². The number of allylic oxidation sites excluding steroid dienone is 3. The highest BCUT2D eigenvalue weighted by molar-refractivity contribution is 6.30. The SMILES string of the molecule is CCc1ccccc1N1C(N)=C(C#N)C(c2cc(COc3ccc(Cl)cc3)c(C)cc2C)C2=C1CC(C)(C)CC2=O. The number of benzene rings is 3. The van der Waals surface area contributed by atoms with Crippen molar-refractivity contribution in [1.82, 2.24) is 0 Å². The molecule has 0 saturated heterocycles. The lowest BCUT2D eigenvalue weighted by molar-refractivity contribution is -0.118. The fourth-order valence-corrected chi connectivity index (χ4v) is 6.32. The summed E-state index contributed by atoms with van der Waals surface area (Å²) in [4.78, 5) is 16.0. The molecule has 1 unspecified atom stereocenters. The largest absolute Gasteiger partial charge is 0.489 e. The third kappa shape index (κ3) is 5.37. The van der Waals surface area contributed by atoms with Gasteiger partial charge in [0.05, 0.1) is 23.2 Å². The van der Waals surface area contributed by atoms with Crippen LogP contribution in [0.2, 0.25) is 5.02 Å². The van der Waals surface area contributed by atoms with E-state index >= 15 is 0 Å². The molecule has 2 aliphatic rings. The maximum atomic E-state index is 14.0. The zero-order chi connectivity index (χ0) is 29.5. The highest BCUT2D eigenvalue weighted by Crippen LogP contribution is 2.51. The van der Waals surface area contributed by atoms with Crippen LogP contribution in [0.5, 0.6) is 5.75 Å². The van der Waals surface area contributed by atoms with Crippen LogP contribution in [0, 0.1) is 30.6 Å². The van der Waals surface area contributed by atoms with Gasteiger partial charge in [0, 0.05) is 22.7 Å². The molecular formula is C35H36ClN3O2. The van der Waals surface area contributed by atoms with Gasteiger partial charge in [0.25, 0.3) is 0 Å². The first-order valence-electron chi connectivity index (χ1n) is 14.1. The van der Waals surface area contributed by atoms with Gasteiger partial charge in [0.1, 0.15) is 18.2 Å². The van der Waals surface area contributed by atoms with E-state index < -0.39 is 5.92 Å². The van der Waals surface area contributed by atoms with E-state index in [1.54, 1.807) is 12.1 Å². The fraction of sp³-hybridized carbons (Fsp3) is 0.314. The second-order valence-corrected chi connectivity index (χ2v) is 12.3. The predicted octanol–water partition coefficient (Wildman–Crippen LogP) is 8.04. The molecule has 0 bridgehead atoms. The molecule has 0 spiro atoms. The van der Waals surface area contributed by atoms with Gasteiger partial charge in [0.2, 0.25) is 0 Å². The predicted molar refractivity (Wildman–Crippen MR) is 165 cm³/mol. The quantitative estimate of drug-likeness (QED) is 0.327. The van der Waals surface area contributed by atoms with Gasteiger partial charge in [-0.05, 0) is 90.3 Å². The lowest BCUT2D eigenvalue weighted by Gasteiger charge is -2.44. The Labute approximate surface area is 247 Å². The molecule has 0 saturated carbocycles. The number of nitriles is 1. The first-order valence-corrected chi connectivity index (χ1v) is 14.4. The molecule has 6 heteroatoms. The molecule has 1 atom stereocenters. The van der Waals surface area contributed by atoms with Crippen molar-refractivity contribution >= 4 is 23.1 Å². The highest BCUT2D eigenvalue weighted by atomic mass is 35.5. The summed E-state index contributed by atoms with van der Waals surface area (Å²) in [6, 6.07) is 22.0. The van der Waals surface area contributed by atoms with Crippen molar-refractivity contribution in [3.05, 3.63) is 116 Å². The summed E-state index contributed by atoms with van der Waals surface area (Å²) in [5.74, 6) is 0.634. The molecule has 41 heavy (non-hydrogen) atoms. The van der Waals surface area contributed by atoms with E-state index in [0.29, 0.717) is 41.4 Å². The standard InChI is InChI=1S/C35H36ClN3O2/c1-6-23-9-7-8-10-29(23)39-30-17-35(4,5)18-31(40)33(30)32(28(19-37)34(39)38)27-16-24(21(2)15-22(27)3)20-41-26-13-11-25(36)12-14-26/h7-16,32H,6,17-18,20,38H2,1-5H3. The van der Waals surface area contributed by atoms with E-state index in [1.165, 1.54) is 0 Å². The van der Waals surface area contributed by atoms with Gasteiger partial charge in [-0.3, -0.25) is 9.69 Å². The second kappa shape index (κ2) is 11.1. The van der Waals surface area contributed by atoms with Gasteiger partial charge in [-0.15, -0.1) is 0 Å². The number of ketones is 1. The number of anilines is 1. The van der Waals surface area contributed by atoms with E-state index in [1.807, 2.05) is 42.2 Å². The molecule has 0 fully saturated rings. The van der Waals surface area contributed by atoms with Gasteiger partial charge in [-0.25, -0.2) is 0 Å². The lowest BCUT2D eigenvalue weighted by atomic mass is 9.68. The number of hydrogen-bond acceptors (Lipinski definition) is 5. The van der Waals surface area contributed by atoms with E-state index in [4.69, 9.17) is 22.1 Å². The van der Waals surface area contributed by atoms with Crippen LogP contribution < -0.4 is 15.4 Å². The van der Waals surface area contributed by atoms with Crippen molar-refractivity contribution in [1.29, 1.82) is 5.26 Å². The van der Waals surface area contributed by atoms with Crippen molar-refractivity contribution in [2.24, 2.45) is 11.1 Å². The van der Waals surface area contributed by atoms with Crippen LogP contribution in [-0.4, -0.2) is 5.78 Å². The highest BCUT2D eigenvalue weighted by Gasteiger charge is 2.45. The van der Waals surface area contributed by atoms with Crippen molar-refractivity contribution in [2.45, 2.75) is 66.4 Å². The number of ether oxygens (including phenoxy) is 1. The number of para-hydroxylation sites is 1. The van der Waals surface area contributed by atoms with Crippen LogP contribution in [0.1, 0.15) is 67.3 Å². The maximum absolute atomic E-state index is 14.0. The van der Waals surface area contributed by atoms with Gasteiger partial charge in [-0.1, -0.05) is 62.7 Å². The summed E-state index contributed by atoms with van der Waals surface area (Å²) in [5.41, 5.74) is 14.7. The molecule has 5 nitrogen and oxygen atoms in total. The van der Waals surface area contributed by atoms with Crippen LogP contribution in [0.3, 0.4) is 0 Å². The number of rotatable bonds is 6. The van der Waals surface area contributed by atoms with Gasteiger partial charge >= 0.3 is 0 Å². The van der Waals surface area contributed by atoms with E-state index in [0.717, 1.165) is 51.4 Å². The van der Waals surface area contributed by atoms with Crippen molar-refractivity contribution in [3.63, 3.8) is 0 Å². The summed E-state index contributed by atoms with van der Waals surface area (Å²) in [5, 5.41) is 11.2. The molecule has 210 valence electrons. The number of aryl methyl sites for hydroxylation is 3. The molecule has 3 aromatic rings. The number of carbonyl (C=O) groups excluding carboxylic acids is 1. The summed E-state index contributed by atoms with van der Waals surface area (Å²) in [6.07, 6.45) is 1.90. The monoisotopic (exact) mass is 565 g/mol. The molecule has 1 heterocycles. The average Bonchev–Trinajstić information content (AvgIpc) is 2.92. The Balaban J connectivity index is 1.67. The molecule has 0 amide bonds. The number of nitrogens with two attached hydrogens (primary N) is 1. The Morgan fingerprint density at radius 2 is 1.76 bits per heavy atom. The minimum absolute atomic E-state index is 0.0689. The smallest absolute Gasteiger partial charge is 0.162 e. The van der Waals surface area contributed by atoms with Crippen molar-refractivity contribution in [3.8, 4) is 11.8 Å². The molecule has 0 radical (unpaired) electrons. The van der Waals surface area contributed by atoms with E-state index in [-0.39, 0.29) is 11.2 Å². The van der Waals surface area contributed by atoms with E-state index in [2.05, 4.69) is 52.0 Å². The number of halogens is 1. The Morgan fingerprint density at radius 1 is 1.05 bits per heavy atom. The van der Waals surface area contributed by atoms with Crippen molar-refractivity contribution in [2.75, 3.05) is 4.90 Å². The Hall–Kier alpha value is -4.01. The van der Waals surface area contributed by atoms with Crippen LogP contribution in [0.25, 0.3) is 0 Å². The lowest BCUT2D eigenvalue weighted by Crippen LogP contribution is -2.42. The molecule has 3 aromatic carbocycles. The number of nitrogens with zero attached hydrogens (tertiary/aromatic N) is 2. The molecule has 1 aliphatic carbocycles. The molecule has 5 rings (SSSR count). The Morgan fingerprint density at radius 3 is 2.44 bits per heavy atom. The fourth-order valence-electron chi connectivity index (χ4n) is 6.20. The van der Waals surface area contributed by atoms with Crippen molar-refractivity contribution < 1.29 is 9.53 Å². The third-order valence-corrected chi connectivity index (χ3v) is 8.49. The van der Waals surface area contributed by atoms with Gasteiger partial charge in [-0.2, -0.15) is 5.26 Å². The molecule has 0 aromatic heterocycles. The summed E-state index contributed by atoms with van der Waals surface area (Å²) in [6.45, 7) is 10.8. The first kappa shape index (κ1) is 28.5. The van der Waals surface area contributed by atoms with Crippen LogP contribution in [-0.2, 0) is 17.8 Å². The summed E-state index contributed by atoms with van der Waals surface area (Å²) in [7, 11) is 0. The Bertz CT molecular complexity index is 1630. The molecule has 2 N–H and O–H groups in total. The molecular weight excluding hydrogens is 530 g/mol. The Kier molecular flexibility index (Phi) is 7.72. The second-order valence-electron chi connectivity index (χ2n) is 11.8. The number of carbonyl (C=O) groups is 1. The average molecular weight is 566 g/mol. The summed E-state index contributed by atoms with van der Waals surface area (Å²) >= 11 is 6.04. The first-order chi connectivity index (χ1) is 19.5.